The molecule has 5 nitrogen and oxygen atoms in total. The van der Waals surface area contributed by atoms with E-state index in [4.69, 9.17) is 27.9 Å². The lowest BCUT2D eigenvalue weighted by atomic mass is 9.96. The molecule has 0 spiro atoms. The zero-order valence-corrected chi connectivity index (χ0v) is 12.6. The van der Waals surface area contributed by atoms with Gasteiger partial charge in [0.15, 0.2) is 0 Å². The van der Waals surface area contributed by atoms with Crippen LogP contribution in [0.5, 0.6) is 6.01 Å². The summed E-state index contributed by atoms with van der Waals surface area (Å²) in [5.41, 5.74) is 0.913. The van der Waals surface area contributed by atoms with Crippen LogP contribution in [0.15, 0.2) is 30.5 Å². The molecule has 1 unspecified atom stereocenters. The molecular formula is C14H12Cl2N2O3. The zero-order valence-electron chi connectivity index (χ0n) is 11.1. The fraction of sp³-hybridized carbons (Fsp3) is 0.214. The van der Waals surface area contributed by atoms with Crippen molar-refractivity contribution < 1.29 is 14.6 Å². The fourth-order valence-corrected chi connectivity index (χ4v) is 2.33. The van der Waals surface area contributed by atoms with Gasteiger partial charge in [-0.15, -0.1) is 0 Å². The van der Waals surface area contributed by atoms with Crippen molar-refractivity contribution in [1.29, 1.82) is 0 Å². The largest absolute Gasteiger partial charge is 0.481 e. The molecule has 1 heterocycles. The first-order valence-corrected chi connectivity index (χ1v) is 6.81. The second-order valence-electron chi connectivity index (χ2n) is 4.28. The normalized spacial score (nSPS) is 12.0. The first-order valence-electron chi connectivity index (χ1n) is 6.05. The summed E-state index contributed by atoms with van der Waals surface area (Å²) in [7, 11) is 1.40. The molecule has 2 aromatic rings. The van der Waals surface area contributed by atoms with Crippen LogP contribution in [0.4, 0.5) is 0 Å². The molecule has 0 saturated heterocycles. The number of benzene rings is 1. The van der Waals surface area contributed by atoms with Gasteiger partial charge in [0.2, 0.25) is 0 Å². The maximum Gasteiger partial charge on any atom is 0.316 e. The molecule has 7 heteroatoms. The van der Waals surface area contributed by atoms with E-state index in [-0.39, 0.29) is 23.1 Å². The Labute approximate surface area is 131 Å². The van der Waals surface area contributed by atoms with Gasteiger partial charge >= 0.3 is 12.0 Å². The standard InChI is InChI=1S/C14H12Cl2N2O3/c1-21-14-17-7-11(16)12(18-14)9(13(19)20)6-8-4-2-3-5-10(8)15/h2-5,7,9H,6H2,1H3,(H,19,20). The number of hydrogen-bond acceptors (Lipinski definition) is 4. The number of aromatic nitrogens is 2. The number of carboxylic acids is 1. The third-order valence-electron chi connectivity index (χ3n) is 2.94. The van der Waals surface area contributed by atoms with Crippen LogP contribution < -0.4 is 4.74 Å². The van der Waals surface area contributed by atoms with Crippen molar-refractivity contribution in [3.8, 4) is 6.01 Å². The molecule has 0 aliphatic carbocycles. The van der Waals surface area contributed by atoms with Crippen molar-refractivity contribution in [2.45, 2.75) is 12.3 Å². The first kappa shape index (κ1) is 15.5. The summed E-state index contributed by atoms with van der Waals surface area (Å²) in [6.45, 7) is 0. The highest BCUT2D eigenvalue weighted by molar-refractivity contribution is 6.31. The third-order valence-corrected chi connectivity index (χ3v) is 3.60. The molecule has 21 heavy (non-hydrogen) atoms. The van der Waals surface area contributed by atoms with E-state index in [0.29, 0.717) is 10.6 Å². The molecule has 1 aromatic carbocycles. The van der Waals surface area contributed by atoms with Gasteiger partial charge in [-0.25, -0.2) is 4.98 Å². The second kappa shape index (κ2) is 6.74. The number of carbonyl (C=O) groups is 1. The molecule has 0 aliphatic heterocycles. The SMILES string of the molecule is COc1ncc(Cl)c(C(Cc2ccccc2Cl)C(=O)O)n1. The summed E-state index contributed by atoms with van der Waals surface area (Å²) < 4.78 is 4.91. The molecule has 1 N–H and O–H groups in total. The molecular weight excluding hydrogens is 315 g/mol. The molecule has 0 saturated carbocycles. The Morgan fingerprint density at radius 1 is 1.33 bits per heavy atom. The summed E-state index contributed by atoms with van der Waals surface area (Å²) in [5.74, 6) is -1.98. The minimum atomic E-state index is -1.04. The van der Waals surface area contributed by atoms with Crippen molar-refractivity contribution in [2.75, 3.05) is 7.11 Å². The maximum atomic E-state index is 11.6. The summed E-state index contributed by atoms with van der Waals surface area (Å²) in [6, 6.07) is 7.12. The Kier molecular flexibility index (Phi) is 4.98. The smallest absolute Gasteiger partial charge is 0.316 e. The molecule has 0 radical (unpaired) electrons. The summed E-state index contributed by atoms with van der Waals surface area (Å²) in [6.07, 6.45) is 1.50. The third kappa shape index (κ3) is 3.62. The number of ether oxygens (including phenoxy) is 1. The van der Waals surface area contributed by atoms with Crippen LogP contribution in [-0.4, -0.2) is 28.2 Å². The number of nitrogens with zero attached hydrogens (tertiary/aromatic N) is 2. The molecule has 110 valence electrons. The highest BCUT2D eigenvalue weighted by atomic mass is 35.5. The minimum absolute atomic E-state index is 0.0693. The molecule has 0 fully saturated rings. The Hall–Kier alpha value is -1.85. The van der Waals surface area contributed by atoms with E-state index < -0.39 is 11.9 Å². The Morgan fingerprint density at radius 2 is 2.05 bits per heavy atom. The van der Waals surface area contributed by atoms with Gasteiger partial charge in [0.05, 0.1) is 24.0 Å². The van der Waals surface area contributed by atoms with Gasteiger partial charge in [-0.2, -0.15) is 4.98 Å². The average Bonchev–Trinajstić information content (AvgIpc) is 2.47. The number of methoxy groups -OCH3 is 1. The van der Waals surface area contributed by atoms with E-state index >= 15 is 0 Å². The predicted octanol–water partition coefficient (Wildman–Crippen LogP) is 3.20. The van der Waals surface area contributed by atoms with Crippen LogP contribution in [-0.2, 0) is 11.2 Å². The van der Waals surface area contributed by atoms with Crippen molar-refractivity contribution in [3.63, 3.8) is 0 Å². The van der Waals surface area contributed by atoms with Gasteiger partial charge in [-0.05, 0) is 18.1 Å². The molecule has 0 aliphatic rings. The predicted molar refractivity (Wildman–Crippen MR) is 79.1 cm³/mol. The number of aliphatic carboxylic acids is 1. The van der Waals surface area contributed by atoms with Crippen molar-refractivity contribution in [3.05, 3.63) is 51.8 Å². The fourth-order valence-electron chi connectivity index (χ4n) is 1.89. The minimum Gasteiger partial charge on any atom is -0.481 e. The van der Waals surface area contributed by atoms with Crippen LogP contribution in [0.25, 0.3) is 0 Å². The lowest BCUT2D eigenvalue weighted by Gasteiger charge is -2.14. The van der Waals surface area contributed by atoms with Gasteiger partial charge in [0.25, 0.3) is 0 Å². The van der Waals surface area contributed by atoms with Crippen LogP contribution in [0.3, 0.4) is 0 Å². The lowest BCUT2D eigenvalue weighted by Crippen LogP contribution is -2.17. The van der Waals surface area contributed by atoms with Crippen LogP contribution in [0, 0.1) is 0 Å². The second-order valence-corrected chi connectivity index (χ2v) is 5.09. The summed E-state index contributed by atoms with van der Waals surface area (Å²) in [4.78, 5) is 19.5. The van der Waals surface area contributed by atoms with Gasteiger partial charge in [-0.1, -0.05) is 41.4 Å². The maximum absolute atomic E-state index is 11.6. The summed E-state index contributed by atoms with van der Waals surface area (Å²) in [5, 5.41) is 10.1. The monoisotopic (exact) mass is 326 g/mol. The number of carboxylic acid groups (broad SMARTS) is 1. The van der Waals surface area contributed by atoms with Crippen LogP contribution in [0.1, 0.15) is 17.2 Å². The quantitative estimate of drug-likeness (QED) is 0.913. The lowest BCUT2D eigenvalue weighted by molar-refractivity contribution is -0.138. The Balaban J connectivity index is 2.40. The van der Waals surface area contributed by atoms with E-state index in [1.165, 1.54) is 13.3 Å². The van der Waals surface area contributed by atoms with Crippen LogP contribution in [0.2, 0.25) is 10.0 Å². The molecule has 1 atom stereocenters. The van der Waals surface area contributed by atoms with E-state index in [1.807, 2.05) is 0 Å². The topological polar surface area (TPSA) is 72.3 Å². The number of halogens is 2. The molecule has 0 bridgehead atoms. The van der Waals surface area contributed by atoms with E-state index in [2.05, 4.69) is 9.97 Å². The Morgan fingerprint density at radius 3 is 2.67 bits per heavy atom. The number of hydrogen-bond donors (Lipinski definition) is 1. The number of rotatable bonds is 5. The van der Waals surface area contributed by atoms with Crippen molar-refractivity contribution in [1.82, 2.24) is 9.97 Å². The van der Waals surface area contributed by atoms with Gasteiger partial charge in [0.1, 0.15) is 5.92 Å². The van der Waals surface area contributed by atoms with Crippen molar-refractivity contribution in [2.24, 2.45) is 0 Å². The Bertz CT molecular complexity index is 664. The van der Waals surface area contributed by atoms with Gasteiger partial charge in [-0.3, -0.25) is 4.79 Å². The highest BCUT2D eigenvalue weighted by Gasteiger charge is 2.26. The molecule has 0 amide bonds. The van der Waals surface area contributed by atoms with Crippen LogP contribution >= 0.6 is 23.2 Å². The summed E-state index contributed by atoms with van der Waals surface area (Å²) >= 11 is 12.1. The van der Waals surface area contributed by atoms with E-state index in [1.54, 1.807) is 24.3 Å². The van der Waals surface area contributed by atoms with E-state index in [9.17, 15) is 9.90 Å². The van der Waals surface area contributed by atoms with Gasteiger partial charge < -0.3 is 9.84 Å². The van der Waals surface area contributed by atoms with Crippen molar-refractivity contribution >= 4 is 29.2 Å². The average molecular weight is 327 g/mol. The first-order chi connectivity index (χ1) is 10.0. The highest BCUT2D eigenvalue weighted by Crippen LogP contribution is 2.29. The van der Waals surface area contributed by atoms with Gasteiger partial charge in [0, 0.05) is 5.02 Å². The van der Waals surface area contributed by atoms with E-state index in [0.717, 1.165) is 0 Å². The zero-order chi connectivity index (χ0) is 15.4. The molecule has 1 aromatic heterocycles. The molecule has 2 rings (SSSR count).